The monoisotopic (exact) mass is 140 g/mol. The van der Waals surface area contributed by atoms with Gasteiger partial charge in [-0.2, -0.15) is 10.2 Å². The van der Waals surface area contributed by atoms with Crippen LogP contribution in [-0.2, 0) is 0 Å². The smallest absolute Gasteiger partial charge is 0.0866 e. The zero-order valence-corrected chi connectivity index (χ0v) is 5.47. The van der Waals surface area contributed by atoms with Gasteiger partial charge in [0.25, 0.3) is 0 Å². The molecule has 0 amide bonds. The van der Waals surface area contributed by atoms with Gasteiger partial charge in [-0.15, -0.1) is 0 Å². The van der Waals surface area contributed by atoms with E-state index in [0.717, 1.165) is 0 Å². The molecule has 0 aliphatic heterocycles. The van der Waals surface area contributed by atoms with Crippen LogP contribution in [0, 0.1) is 0 Å². The van der Waals surface area contributed by atoms with Crippen LogP contribution in [0.25, 0.3) is 6.08 Å². The average molecular weight is 141 g/mol. The normalized spacial score (nSPS) is 9.00. The maximum Gasteiger partial charge on any atom is 0.0866 e. The van der Waals surface area contributed by atoms with Crippen LogP contribution in [0.15, 0.2) is 18.8 Å². The Kier molecular flexibility index (Phi) is 1.80. The number of hydrogen-bond acceptors (Lipinski definition) is 2. The second kappa shape index (κ2) is 2.60. The van der Waals surface area contributed by atoms with Gasteiger partial charge in [-0.25, -0.2) is 0 Å². The molecule has 3 heteroatoms. The highest BCUT2D eigenvalue weighted by atomic mass is 35.5. The summed E-state index contributed by atoms with van der Waals surface area (Å²) in [7, 11) is 0. The molecule has 1 rings (SSSR count). The zero-order chi connectivity index (χ0) is 6.69. The van der Waals surface area contributed by atoms with Crippen molar-refractivity contribution in [3.8, 4) is 0 Å². The lowest BCUT2D eigenvalue weighted by Crippen LogP contribution is -1.82. The summed E-state index contributed by atoms with van der Waals surface area (Å²) >= 11 is 5.57. The minimum Gasteiger partial charge on any atom is -0.157 e. The Morgan fingerprint density at radius 1 is 1.67 bits per heavy atom. The average Bonchev–Trinajstić information content (AvgIpc) is 1.88. The first kappa shape index (κ1) is 6.23. The summed E-state index contributed by atoms with van der Waals surface area (Å²) < 4.78 is 0. The lowest BCUT2D eigenvalue weighted by molar-refractivity contribution is 1.02. The van der Waals surface area contributed by atoms with Gasteiger partial charge in [0.1, 0.15) is 0 Å². The molecule has 0 aliphatic carbocycles. The number of nitrogens with zero attached hydrogens (tertiary/aromatic N) is 2. The number of rotatable bonds is 1. The van der Waals surface area contributed by atoms with Crippen molar-refractivity contribution in [2.45, 2.75) is 0 Å². The van der Waals surface area contributed by atoms with Crippen molar-refractivity contribution < 1.29 is 0 Å². The summed E-state index contributed by atoms with van der Waals surface area (Å²) in [6.45, 7) is 3.51. The third kappa shape index (κ3) is 1.50. The Labute approximate surface area is 58.2 Å². The number of halogens is 1. The van der Waals surface area contributed by atoms with Gasteiger partial charge in [0, 0.05) is 0 Å². The van der Waals surface area contributed by atoms with Gasteiger partial charge in [-0.3, -0.25) is 0 Å². The fourth-order valence-corrected chi connectivity index (χ4v) is 0.613. The van der Waals surface area contributed by atoms with E-state index in [-0.39, 0.29) is 0 Å². The van der Waals surface area contributed by atoms with Crippen molar-refractivity contribution in [3.63, 3.8) is 0 Å². The Bertz CT molecular complexity index is 222. The first-order chi connectivity index (χ1) is 4.33. The Hall–Kier alpha value is -0.890. The molecular weight excluding hydrogens is 136 g/mol. The minimum absolute atomic E-state index is 0.583. The quantitative estimate of drug-likeness (QED) is 0.594. The van der Waals surface area contributed by atoms with Crippen molar-refractivity contribution in [2.24, 2.45) is 0 Å². The molecule has 46 valence electrons. The third-order valence-corrected chi connectivity index (χ3v) is 1.06. The van der Waals surface area contributed by atoms with E-state index in [1.807, 2.05) is 0 Å². The van der Waals surface area contributed by atoms with Gasteiger partial charge in [-0.05, 0) is 12.1 Å². The molecule has 0 atom stereocenters. The molecule has 0 spiro atoms. The molecule has 0 unspecified atom stereocenters. The molecule has 0 fully saturated rings. The first-order valence-electron chi connectivity index (χ1n) is 2.43. The summed E-state index contributed by atoms with van der Waals surface area (Å²) in [5.41, 5.74) is 0.697. The van der Waals surface area contributed by atoms with Crippen LogP contribution in [-0.4, -0.2) is 10.2 Å². The van der Waals surface area contributed by atoms with E-state index in [1.54, 1.807) is 12.1 Å². The van der Waals surface area contributed by atoms with Crippen LogP contribution in [0.4, 0.5) is 0 Å². The maximum absolute atomic E-state index is 5.57. The molecule has 0 aromatic carbocycles. The van der Waals surface area contributed by atoms with Crippen LogP contribution in [0.1, 0.15) is 5.69 Å². The van der Waals surface area contributed by atoms with Crippen LogP contribution in [0.2, 0.25) is 5.02 Å². The highest BCUT2D eigenvalue weighted by molar-refractivity contribution is 6.30. The molecule has 0 saturated heterocycles. The molecule has 0 radical (unpaired) electrons. The Morgan fingerprint density at radius 3 is 2.89 bits per heavy atom. The lowest BCUT2D eigenvalue weighted by atomic mass is 10.4. The molecule has 1 aromatic heterocycles. The predicted octanol–water partition coefficient (Wildman–Crippen LogP) is 1.77. The fourth-order valence-electron chi connectivity index (χ4n) is 0.458. The second-order valence-electron chi connectivity index (χ2n) is 1.50. The Morgan fingerprint density at radius 2 is 2.44 bits per heavy atom. The molecule has 0 saturated carbocycles. The van der Waals surface area contributed by atoms with E-state index in [4.69, 9.17) is 11.6 Å². The van der Waals surface area contributed by atoms with Crippen molar-refractivity contribution >= 4 is 17.7 Å². The van der Waals surface area contributed by atoms with Crippen LogP contribution >= 0.6 is 11.6 Å². The standard InChI is InChI=1S/C6H5ClN2/c1-2-6-3-5(7)4-8-9-6/h2-4H,1H2. The van der Waals surface area contributed by atoms with Crippen molar-refractivity contribution in [3.05, 3.63) is 29.6 Å². The van der Waals surface area contributed by atoms with E-state index in [0.29, 0.717) is 10.7 Å². The highest BCUT2D eigenvalue weighted by Gasteiger charge is 1.88. The van der Waals surface area contributed by atoms with Crippen LogP contribution < -0.4 is 0 Å². The van der Waals surface area contributed by atoms with E-state index < -0.39 is 0 Å². The van der Waals surface area contributed by atoms with Gasteiger partial charge in [-0.1, -0.05) is 18.2 Å². The lowest BCUT2D eigenvalue weighted by Gasteiger charge is -1.88. The molecule has 1 heterocycles. The van der Waals surface area contributed by atoms with Crippen molar-refractivity contribution in [2.75, 3.05) is 0 Å². The highest BCUT2D eigenvalue weighted by Crippen LogP contribution is 2.05. The topological polar surface area (TPSA) is 25.8 Å². The zero-order valence-electron chi connectivity index (χ0n) is 4.71. The summed E-state index contributed by atoms with van der Waals surface area (Å²) in [4.78, 5) is 0. The molecule has 0 N–H and O–H groups in total. The van der Waals surface area contributed by atoms with Crippen molar-refractivity contribution in [1.82, 2.24) is 10.2 Å². The van der Waals surface area contributed by atoms with Crippen LogP contribution in [0.5, 0.6) is 0 Å². The summed E-state index contributed by atoms with van der Waals surface area (Å²) in [5, 5.41) is 7.89. The van der Waals surface area contributed by atoms with Gasteiger partial charge < -0.3 is 0 Å². The first-order valence-corrected chi connectivity index (χ1v) is 2.81. The predicted molar refractivity (Wildman–Crippen MR) is 37.1 cm³/mol. The molecular formula is C6H5ClN2. The SMILES string of the molecule is C=Cc1cc(Cl)cnn1. The molecule has 1 aromatic rings. The van der Waals surface area contributed by atoms with Gasteiger partial charge >= 0.3 is 0 Å². The summed E-state index contributed by atoms with van der Waals surface area (Å²) in [6, 6.07) is 1.70. The fraction of sp³-hybridized carbons (Fsp3) is 0. The van der Waals surface area contributed by atoms with Gasteiger partial charge in [0.15, 0.2) is 0 Å². The van der Waals surface area contributed by atoms with E-state index in [2.05, 4.69) is 16.8 Å². The van der Waals surface area contributed by atoms with E-state index >= 15 is 0 Å². The molecule has 2 nitrogen and oxygen atoms in total. The van der Waals surface area contributed by atoms with Crippen molar-refractivity contribution in [1.29, 1.82) is 0 Å². The second-order valence-corrected chi connectivity index (χ2v) is 1.94. The molecule has 9 heavy (non-hydrogen) atoms. The molecule has 0 aliphatic rings. The van der Waals surface area contributed by atoms with Gasteiger partial charge in [0.2, 0.25) is 0 Å². The van der Waals surface area contributed by atoms with E-state index in [1.165, 1.54) is 6.20 Å². The maximum atomic E-state index is 5.57. The largest absolute Gasteiger partial charge is 0.157 e. The Balaban J connectivity index is 3.07. The summed E-state index contributed by atoms with van der Waals surface area (Å²) in [5.74, 6) is 0. The number of aromatic nitrogens is 2. The number of hydrogen-bond donors (Lipinski definition) is 0. The summed E-state index contributed by atoms with van der Waals surface area (Å²) in [6.07, 6.45) is 3.08. The van der Waals surface area contributed by atoms with Crippen LogP contribution in [0.3, 0.4) is 0 Å². The van der Waals surface area contributed by atoms with Gasteiger partial charge in [0.05, 0.1) is 16.9 Å². The van der Waals surface area contributed by atoms with E-state index in [9.17, 15) is 0 Å². The molecule has 0 bridgehead atoms. The minimum atomic E-state index is 0.583. The third-order valence-electron chi connectivity index (χ3n) is 0.849.